The minimum Gasteiger partial charge on any atom is -0.489 e. The molecule has 20 heavy (non-hydrogen) atoms. The van der Waals surface area contributed by atoms with Gasteiger partial charge in [0, 0.05) is 27.7 Å². The molecule has 0 N–H and O–H groups in total. The summed E-state index contributed by atoms with van der Waals surface area (Å²) in [5, 5.41) is 0. The maximum Gasteiger partial charge on any atom is 0.131 e. The molecule has 0 radical (unpaired) electrons. The van der Waals surface area contributed by atoms with Crippen molar-refractivity contribution in [2.45, 2.75) is 23.5 Å². The van der Waals surface area contributed by atoms with Crippen molar-refractivity contribution in [1.29, 1.82) is 0 Å². The molecule has 1 nitrogen and oxygen atoms in total. The van der Waals surface area contributed by atoms with Gasteiger partial charge in [-0.05, 0) is 23.3 Å². The van der Waals surface area contributed by atoms with Gasteiger partial charge in [0.25, 0.3) is 0 Å². The second-order valence-electron chi connectivity index (χ2n) is 5.32. The largest absolute Gasteiger partial charge is 0.489 e. The minimum absolute atomic E-state index is 0.387. The van der Waals surface area contributed by atoms with Gasteiger partial charge in [-0.25, -0.2) is 0 Å². The van der Waals surface area contributed by atoms with E-state index in [9.17, 15) is 0 Å². The van der Waals surface area contributed by atoms with Crippen molar-refractivity contribution in [1.82, 2.24) is 0 Å². The molecule has 4 rings (SSSR count). The lowest BCUT2D eigenvalue weighted by Crippen LogP contribution is -2.08. The van der Waals surface area contributed by atoms with Crippen molar-refractivity contribution in [3.8, 4) is 5.75 Å². The highest BCUT2D eigenvalue weighted by molar-refractivity contribution is 7.98. The van der Waals surface area contributed by atoms with Crippen molar-refractivity contribution in [3.05, 3.63) is 64.7 Å². The Bertz CT molecular complexity index is 703. The summed E-state index contributed by atoms with van der Waals surface area (Å²) in [5.74, 6) is 2.50. The normalized spacial score (nSPS) is 19.4. The lowest BCUT2D eigenvalue weighted by Gasteiger charge is -2.22. The van der Waals surface area contributed by atoms with E-state index >= 15 is 0 Å². The Morgan fingerprint density at radius 3 is 3.00 bits per heavy atom. The predicted octanol–water partition coefficient (Wildman–Crippen LogP) is 4.85. The molecular weight excluding hydrogens is 264 g/mol. The summed E-state index contributed by atoms with van der Waals surface area (Å²) in [7, 11) is 0. The summed E-state index contributed by atoms with van der Waals surface area (Å²) in [4.78, 5) is 1.40. The van der Waals surface area contributed by atoms with E-state index in [1.165, 1.54) is 27.1 Å². The van der Waals surface area contributed by atoms with Gasteiger partial charge >= 0.3 is 0 Å². The van der Waals surface area contributed by atoms with E-state index in [2.05, 4.69) is 55.5 Å². The Morgan fingerprint density at radius 1 is 1.15 bits per heavy atom. The van der Waals surface area contributed by atoms with Gasteiger partial charge in [-0.2, -0.15) is 0 Å². The van der Waals surface area contributed by atoms with Crippen molar-refractivity contribution in [3.63, 3.8) is 0 Å². The molecule has 0 bridgehead atoms. The molecule has 1 unspecified atom stereocenters. The van der Waals surface area contributed by atoms with Crippen molar-refractivity contribution < 1.29 is 4.74 Å². The first-order valence-electron chi connectivity index (χ1n) is 7.01. The SMILES string of the molecule is CC1c2ccccc2SCc2ccc3c(c21)OCC=C3. The van der Waals surface area contributed by atoms with E-state index < -0.39 is 0 Å². The third kappa shape index (κ3) is 1.79. The highest BCUT2D eigenvalue weighted by Gasteiger charge is 2.25. The van der Waals surface area contributed by atoms with Crippen LogP contribution in [0.3, 0.4) is 0 Å². The van der Waals surface area contributed by atoms with Crippen LogP contribution in [0.2, 0.25) is 0 Å². The maximum absolute atomic E-state index is 5.97. The van der Waals surface area contributed by atoms with Gasteiger partial charge in [0.1, 0.15) is 12.4 Å². The number of fused-ring (bicyclic) bond motifs is 4. The quantitative estimate of drug-likeness (QED) is 0.682. The van der Waals surface area contributed by atoms with Crippen LogP contribution in [0.1, 0.15) is 35.1 Å². The molecule has 0 aromatic heterocycles. The maximum atomic E-state index is 5.97. The summed E-state index contributed by atoms with van der Waals surface area (Å²) >= 11 is 1.93. The van der Waals surface area contributed by atoms with Crippen LogP contribution in [0.4, 0.5) is 0 Å². The number of hydrogen-bond acceptors (Lipinski definition) is 2. The highest BCUT2D eigenvalue weighted by atomic mass is 32.2. The van der Waals surface area contributed by atoms with Crippen LogP contribution in [-0.4, -0.2) is 6.61 Å². The molecule has 100 valence electrons. The van der Waals surface area contributed by atoms with E-state index in [0.29, 0.717) is 12.5 Å². The van der Waals surface area contributed by atoms with Crippen LogP contribution >= 0.6 is 11.8 Å². The van der Waals surface area contributed by atoms with E-state index in [4.69, 9.17) is 4.74 Å². The number of rotatable bonds is 0. The molecule has 2 heteroatoms. The van der Waals surface area contributed by atoms with Crippen molar-refractivity contribution in [2.75, 3.05) is 6.61 Å². The third-order valence-electron chi connectivity index (χ3n) is 4.14. The fourth-order valence-corrected chi connectivity index (χ4v) is 4.29. The molecule has 1 atom stereocenters. The van der Waals surface area contributed by atoms with Gasteiger partial charge in [0.05, 0.1) is 0 Å². The Balaban J connectivity index is 1.95. The molecule has 0 aliphatic carbocycles. The number of hydrogen-bond donors (Lipinski definition) is 0. The monoisotopic (exact) mass is 280 g/mol. The zero-order valence-electron chi connectivity index (χ0n) is 11.4. The zero-order chi connectivity index (χ0) is 13.5. The summed E-state index contributed by atoms with van der Waals surface area (Å²) in [6.45, 7) is 2.98. The van der Waals surface area contributed by atoms with Gasteiger partial charge in [0.15, 0.2) is 0 Å². The molecule has 0 fully saturated rings. The fraction of sp³-hybridized carbons (Fsp3) is 0.222. The average molecular weight is 280 g/mol. The lowest BCUT2D eigenvalue weighted by molar-refractivity contribution is 0.353. The molecule has 2 aromatic rings. The van der Waals surface area contributed by atoms with E-state index in [1.54, 1.807) is 0 Å². The standard InChI is InChI=1S/C18H16OS/c1-12-15-6-2-3-7-16(15)20-11-14-9-8-13-5-4-10-19-18(13)17(12)14/h2-9,12H,10-11H2,1H3. The van der Waals surface area contributed by atoms with Crippen LogP contribution in [0, 0.1) is 0 Å². The van der Waals surface area contributed by atoms with Crippen LogP contribution in [0.15, 0.2) is 47.4 Å². The Labute approximate surface area is 123 Å². The van der Waals surface area contributed by atoms with Gasteiger partial charge < -0.3 is 4.74 Å². The van der Waals surface area contributed by atoms with Crippen LogP contribution in [-0.2, 0) is 5.75 Å². The highest BCUT2D eigenvalue weighted by Crippen LogP contribution is 2.45. The molecule has 0 spiro atoms. The van der Waals surface area contributed by atoms with Crippen molar-refractivity contribution >= 4 is 17.8 Å². The second kappa shape index (κ2) is 4.71. The van der Waals surface area contributed by atoms with Crippen LogP contribution in [0.5, 0.6) is 5.75 Å². The first kappa shape index (κ1) is 12.1. The minimum atomic E-state index is 0.387. The fourth-order valence-electron chi connectivity index (χ4n) is 3.14. The molecule has 2 aromatic carbocycles. The molecular formula is C18H16OS. The van der Waals surface area contributed by atoms with Gasteiger partial charge in [0.2, 0.25) is 0 Å². The van der Waals surface area contributed by atoms with E-state index in [1.807, 2.05) is 11.8 Å². The van der Waals surface area contributed by atoms with Crippen LogP contribution in [0.25, 0.3) is 6.08 Å². The molecule has 2 aliphatic heterocycles. The Kier molecular flexibility index (Phi) is 2.85. The smallest absolute Gasteiger partial charge is 0.131 e. The summed E-state index contributed by atoms with van der Waals surface area (Å²) in [6.07, 6.45) is 4.26. The first-order valence-corrected chi connectivity index (χ1v) is 8.00. The number of thioether (sulfide) groups is 1. The average Bonchev–Trinajstić information content (AvgIpc) is 2.65. The summed E-state index contributed by atoms with van der Waals surface area (Å²) < 4.78 is 5.97. The van der Waals surface area contributed by atoms with Gasteiger partial charge in [-0.1, -0.05) is 43.3 Å². The second-order valence-corrected chi connectivity index (χ2v) is 6.34. The summed E-state index contributed by atoms with van der Waals surface area (Å²) in [6, 6.07) is 13.2. The molecule has 2 aliphatic rings. The van der Waals surface area contributed by atoms with Crippen LogP contribution < -0.4 is 4.74 Å². The molecule has 2 heterocycles. The van der Waals surface area contributed by atoms with Gasteiger partial charge in [-0.15, -0.1) is 11.8 Å². The third-order valence-corrected chi connectivity index (χ3v) is 5.28. The number of benzene rings is 2. The van der Waals surface area contributed by atoms with E-state index in [0.717, 1.165) is 11.5 Å². The molecule has 0 amide bonds. The number of ether oxygens (including phenoxy) is 1. The predicted molar refractivity (Wildman–Crippen MR) is 84.5 cm³/mol. The summed E-state index contributed by atoms with van der Waals surface area (Å²) in [5.41, 5.74) is 5.42. The topological polar surface area (TPSA) is 9.23 Å². The molecule has 0 saturated carbocycles. The van der Waals surface area contributed by atoms with Gasteiger partial charge in [-0.3, -0.25) is 0 Å². The van der Waals surface area contributed by atoms with E-state index in [-0.39, 0.29) is 0 Å². The Hall–Kier alpha value is -1.67. The Morgan fingerprint density at radius 2 is 2.05 bits per heavy atom. The first-order chi connectivity index (χ1) is 9.84. The zero-order valence-corrected chi connectivity index (χ0v) is 12.2. The van der Waals surface area contributed by atoms with Crippen molar-refractivity contribution in [2.24, 2.45) is 0 Å². The molecule has 0 saturated heterocycles. The lowest BCUT2D eigenvalue weighted by atomic mass is 9.87.